The van der Waals surface area contributed by atoms with Gasteiger partial charge in [0.25, 0.3) is 5.56 Å². The second kappa shape index (κ2) is 7.38. The second-order valence-electron chi connectivity index (χ2n) is 7.49. The van der Waals surface area contributed by atoms with Crippen molar-refractivity contribution in [1.29, 1.82) is 0 Å². The number of sulfone groups is 1. The third kappa shape index (κ3) is 4.44. The van der Waals surface area contributed by atoms with E-state index >= 15 is 0 Å². The van der Waals surface area contributed by atoms with Crippen LogP contribution in [0.1, 0.15) is 44.8 Å². The highest BCUT2D eigenvalue weighted by Gasteiger charge is 2.33. The Morgan fingerprint density at radius 1 is 1.35 bits per heavy atom. The predicted molar refractivity (Wildman–Crippen MR) is 98.8 cm³/mol. The summed E-state index contributed by atoms with van der Waals surface area (Å²) in [5.74, 6) is 0.332. The molecule has 144 valence electrons. The average molecular weight is 382 g/mol. The van der Waals surface area contributed by atoms with E-state index in [1.54, 1.807) is 6.92 Å². The van der Waals surface area contributed by atoms with E-state index in [0.717, 1.165) is 25.9 Å². The Bertz CT molecular complexity index is 827. The van der Waals surface area contributed by atoms with E-state index in [-0.39, 0.29) is 23.0 Å². The number of carbonyl (C=O) groups excluding carboxylic acids is 1. The van der Waals surface area contributed by atoms with Gasteiger partial charge in [0.2, 0.25) is 11.9 Å². The first-order valence-corrected chi connectivity index (χ1v) is 10.9. The monoisotopic (exact) mass is 382 g/mol. The molecular weight excluding hydrogens is 356 g/mol. The van der Waals surface area contributed by atoms with E-state index in [4.69, 9.17) is 0 Å². The molecule has 0 bridgehead atoms. The molecule has 0 radical (unpaired) electrons. The van der Waals surface area contributed by atoms with E-state index in [0.29, 0.717) is 24.0 Å². The zero-order valence-electron chi connectivity index (χ0n) is 15.2. The lowest BCUT2D eigenvalue weighted by Gasteiger charge is -2.31. The van der Waals surface area contributed by atoms with Gasteiger partial charge < -0.3 is 10.2 Å². The summed E-state index contributed by atoms with van der Waals surface area (Å²) in [5, 5.41) is 2.80. The number of H-pyrrole nitrogens is 1. The van der Waals surface area contributed by atoms with E-state index < -0.39 is 21.8 Å². The van der Waals surface area contributed by atoms with Crippen LogP contribution >= 0.6 is 0 Å². The lowest BCUT2D eigenvalue weighted by atomic mass is 10.00. The Morgan fingerprint density at radius 2 is 2.04 bits per heavy atom. The van der Waals surface area contributed by atoms with Crippen molar-refractivity contribution in [2.75, 3.05) is 29.5 Å². The van der Waals surface area contributed by atoms with Crippen molar-refractivity contribution in [2.45, 2.75) is 39.2 Å². The van der Waals surface area contributed by atoms with Crippen molar-refractivity contribution < 1.29 is 13.2 Å². The normalized spacial score (nSPS) is 24.4. The molecule has 8 nitrogen and oxygen atoms in total. The molecule has 1 amide bonds. The van der Waals surface area contributed by atoms with Crippen molar-refractivity contribution in [2.24, 2.45) is 11.8 Å². The highest BCUT2D eigenvalue weighted by molar-refractivity contribution is 7.91. The van der Waals surface area contributed by atoms with Gasteiger partial charge in [-0.05, 0) is 32.1 Å². The molecule has 2 N–H and O–H groups in total. The van der Waals surface area contributed by atoms with Crippen LogP contribution in [0.3, 0.4) is 0 Å². The van der Waals surface area contributed by atoms with Gasteiger partial charge in [0.15, 0.2) is 9.84 Å². The number of hydrogen-bond donors (Lipinski definition) is 2. The van der Waals surface area contributed by atoms with Crippen LogP contribution in [-0.4, -0.2) is 48.9 Å². The first-order chi connectivity index (χ1) is 12.2. The number of piperidine rings is 1. The van der Waals surface area contributed by atoms with Gasteiger partial charge in [0, 0.05) is 19.2 Å². The van der Waals surface area contributed by atoms with Crippen LogP contribution in [0.2, 0.25) is 0 Å². The third-order valence-electron chi connectivity index (χ3n) is 5.24. The van der Waals surface area contributed by atoms with Crippen LogP contribution in [0.25, 0.3) is 0 Å². The molecular formula is C17H26N4O4S. The fourth-order valence-corrected chi connectivity index (χ4v) is 5.20. The number of aromatic nitrogens is 2. The summed E-state index contributed by atoms with van der Waals surface area (Å²) in [4.78, 5) is 33.7. The minimum Gasteiger partial charge on any atom is -0.348 e. The summed E-state index contributed by atoms with van der Waals surface area (Å²) in [7, 11) is -3.11. The summed E-state index contributed by atoms with van der Waals surface area (Å²) in [6.07, 6.45) is 2.45. The van der Waals surface area contributed by atoms with Gasteiger partial charge >= 0.3 is 0 Å². The molecule has 2 aliphatic rings. The Hall–Kier alpha value is -1.90. The number of carbonyl (C=O) groups is 1. The molecule has 3 rings (SSSR count). The Labute approximate surface area is 153 Å². The minimum absolute atomic E-state index is 0.0558. The molecule has 1 aromatic rings. The molecule has 0 spiro atoms. The van der Waals surface area contributed by atoms with Gasteiger partial charge in [-0.25, -0.2) is 13.4 Å². The smallest absolute Gasteiger partial charge is 0.252 e. The minimum atomic E-state index is -3.11. The predicted octanol–water partition coefficient (Wildman–Crippen LogP) is 0.618. The molecule has 0 unspecified atom stereocenters. The number of rotatable bonds is 4. The number of amides is 1. The number of anilines is 1. The first kappa shape index (κ1) is 18.9. The SMILES string of the molecule is CC1CCN(c2nc([C@H](C)NC(=O)[C@H]3CCS(=O)(=O)C3)cc(=O)[nH]2)CC1. The van der Waals surface area contributed by atoms with Crippen LogP contribution in [0.15, 0.2) is 10.9 Å². The van der Waals surface area contributed by atoms with E-state index in [9.17, 15) is 18.0 Å². The van der Waals surface area contributed by atoms with Crippen molar-refractivity contribution >= 4 is 21.7 Å². The van der Waals surface area contributed by atoms with Gasteiger partial charge in [-0.2, -0.15) is 0 Å². The van der Waals surface area contributed by atoms with Crippen molar-refractivity contribution in [3.05, 3.63) is 22.1 Å². The van der Waals surface area contributed by atoms with Gasteiger partial charge in [0.05, 0.1) is 29.2 Å². The third-order valence-corrected chi connectivity index (χ3v) is 7.01. The number of hydrogen-bond acceptors (Lipinski definition) is 6. The Balaban J connectivity index is 1.70. The van der Waals surface area contributed by atoms with Crippen molar-refractivity contribution in [3.8, 4) is 0 Å². The van der Waals surface area contributed by atoms with Crippen LogP contribution in [0.5, 0.6) is 0 Å². The molecule has 1 aromatic heterocycles. The molecule has 2 fully saturated rings. The van der Waals surface area contributed by atoms with Crippen molar-refractivity contribution in [3.63, 3.8) is 0 Å². The molecule has 0 aromatic carbocycles. The van der Waals surface area contributed by atoms with Crippen LogP contribution < -0.4 is 15.8 Å². The van der Waals surface area contributed by atoms with Gasteiger partial charge in [-0.1, -0.05) is 6.92 Å². The molecule has 0 aliphatic carbocycles. The van der Waals surface area contributed by atoms with Gasteiger partial charge in [-0.15, -0.1) is 0 Å². The zero-order valence-corrected chi connectivity index (χ0v) is 16.0. The Kier molecular flexibility index (Phi) is 5.36. The number of aromatic amines is 1. The van der Waals surface area contributed by atoms with Crippen LogP contribution in [0.4, 0.5) is 5.95 Å². The summed E-state index contributed by atoms with van der Waals surface area (Å²) >= 11 is 0. The fourth-order valence-electron chi connectivity index (χ4n) is 3.46. The summed E-state index contributed by atoms with van der Waals surface area (Å²) in [6, 6.07) is 0.919. The van der Waals surface area contributed by atoms with Gasteiger partial charge in [-0.3, -0.25) is 14.6 Å². The van der Waals surface area contributed by atoms with Crippen molar-refractivity contribution in [1.82, 2.24) is 15.3 Å². The lowest BCUT2D eigenvalue weighted by Crippen LogP contribution is -2.37. The van der Waals surface area contributed by atoms with E-state index in [1.165, 1.54) is 6.07 Å². The molecule has 26 heavy (non-hydrogen) atoms. The average Bonchev–Trinajstić information content (AvgIpc) is 2.95. The standard InChI is InChI=1S/C17H26N4O4S/c1-11-3-6-21(7-4-11)17-19-14(9-15(22)20-17)12(2)18-16(23)13-5-8-26(24,25)10-13/h9,11-13H,3-8,10H2,1-2H3,(H,18,23)(H,19,20,22)/t12-,13-/m0/s1. The highest BCUT2D eigenvalue weighted by atomic mass is 32.2. The molecule has 0 saturated carbocycles. The number of nitrogens with one attached hydrogen (secondary N) is 2. The maximum atomic E-state index is 12.3. The van der Waals surface area contributed by atoms with Gasteiger partial charge in [0.1, 0.15) is 0 Å². The molecule has 2 aliphatic heterocycles. The molecule has 9 heteroatoms. The highest BCUT2D eigenvalue weighted by Crippen LogP contribution is 2.22. The summed E-state index contributed by atoms with van der Waals surface area (Å²) in [6.45, 7) is 5.65. The lowest BCUT2D eigenvalue weighted by molar-refractivity contribution is -0.124. The molecule has 2 saturated heterocycles. The van der Waals surface area contributed by atoms with E-state index in [1.807, 2.05) is 0 Å². The topological polar surface area (TPSA) is 112 Å². The van der Waals surface area contributed by atoms with Crippen LogP contribution in [-0.2, 0) is 14.6 Å². The quantitative estimate of drug-likeness (QED) is 0.789. The van der Waals surface area contributed by atoms with E-state index in [2.05, 4.69) is 27.1 Å². The molecule has 3 heterocycles. The fraction of sp³-hybridized carbons (Fsp3) is 0.706. The zero-order chi connectivity index (χ0) is 18.9. The largest absolute Gasteiger partial charge is 0.348 e. The second-order valence-corrected chi connectivity index (χ2v) is 9.72. The number of nitrogens with zero attached hydrogens (tertiary/aromatic N) is 2. The maximum Gasteiger partial charge on any atom is 0.252 e. The summed E-state index contributed by atoms with van der Waals surface area (Å²) < 4.78 is 23.1. The molecule has 2 atom stereocenters. The first-order valence-electron chi connectivity index (χ1n) is 9.10. The Morgan fingerprint density at radius 3 is 2.65 bits per heavy atom. The summed E-state index contributed by atoms with van der Waals surface area (Å²) in [5.41, 5.74) is 0.227. The van der Waals surface area contributed by atoms with Crippen LogP contribution in [0, 0.1) is 11.8 Å². The maximum absolute atomic E-state index is 12.3.